The van der Waals surface area contributed by atoms with Crippen molar-refractivity contribution >= 4 is 5.91 Å². The van der Waals surface area contributed by atoms with Gasteiger partial charge in [-0.3, -0.25) is 9.69 Å². The molecule has 1 aromatic carbocycles. The number of nitrogens with zero attached hydrogens (tertiary/aromatic N) is 1. The van der Waals surface area contributed by atoms with Crippen molar-refractivity contribution in [2.24, 2.45) is 5.41 Å². The van der Waals surface area contributed by atoms with Crippen molar-refractivity contribution in [3.05, 3.63) is 35.4 Å². The van der Waals surface area contributed by atoms with Crippen LogP contribution in [0.1, 0.15) is 30.0 Å². The van der Waals surface area contributed by atoms with E-state index in [2.05, 4.69) is 46.7 Å². The summed E-state index contributed by atoms with van der Waals surface area (Å²) in [4.78, 5) is 15.5. The highest BCUT2D eigenvalue weighted by Gasteiger charge is 2.40. The fourth-order valence-electron chi connectivity index (χ4n) is 4.13. The summed E-state index contributed by atoms with van der Waals surface area (Å²) in [5.74, 6) is 0.122. The molecule has 1 amide bonds. The van der Waals surface area contributed by atoms with E-state index in [1.165, 1.54) is 11.1 Å². The molecule has 2 heterocycles. The van der Waals surface area contributed by atoms with Crippen molar-refractivity contribution in [1.29, 1.82) is 0 Å². The lowest BCUT2D eigenvalue weighted by molar-refractivity contribution is -0.136. The molecule has 2 fully saturated rings. The van der Waals surface area contributed by atoms with Gasteiger partial charge in [-0.05, 0) is 38.4 Å². The Morgan fingerprint density at radius 1 is 1.26 bits per heavy atom. The molecule has 2 saturated heterocycles. The minimum absolute atomic E-state index is 0.122. The molecule has 6 nitrogen and oxygen atoms in total. The number of amides is 1. The molecule has 150 valence electrons. The van der Waals surface area contributed by atoms with E-state index < -0.39 is 5.41 Å². The van der Waals surface area contributed by atoms with E-state index in [-0.39, 0.29) is 11.9 Å². The summed E-state index contributed by atoms with van der Waals surface area (Å²) in [7, 11) is 1.68. The van der Waals surface area contributed by atoms with Crippen LogP contribution in [0.2, 0.25) is 0 Å². The minimum Gasteiger partial charge on any atom is -0.384 e. The Bertz CT molecular complexity index is 588. The van der Waals surface area contributed by atoms with Gasteiger partial charge in [-0.2, -0.15) is 0 Å². The van der Waals surface area contributed by atoms with Gasteiger partial charge in [0, 0.05) is 26.7 Å². The highest BCUT2D eigenvalue weighted by atomic mass is 16.5. The SMILES string of the molecule is COCC1(C(=O)NCC(c2ccc(C)cc2)N2CCOCC2)CCNCC1. The lowest BCUT2D eigenvalue weighted by Gasteiger charge is -2.38. The monoisotopic (exact) mass is 375 g/mol. The first-order valence-electron chi connectivity index (χ1n) is 10.0. The summed E-state index contributed by atoms with van der Waals surface area (Å²) in [6.45, 7) is 8.19. The van der Waals surface area contributed by atoms with E-state index in [1.54, 1.807) is 7.11 Å². The van der Waals surface area contributed by atoms with Gasteiger partial charge in [0.2, 0.25) is 5.91 Å². The first kappa shape index (κ1) is 20.3. The van der Waals surface area contributed by atoms with Crippen LogP contribution in [-0.2, 0) is 14.3 Å². The Morgan fingerprint density at radius 2 is 1.93 bits per heavy atom. The number of benzene rings is 1. The Morgan fingerprint density at radius 3 is 2.56 bits per heavy atom. The largest absolute Gasteiger partial charge is 0.384 e. The first-order chi connectivity index (χ1) is 13.1. The van der Waals surface area contributed by atoms with Crippen LogP contribution in [0.4, 0.5) is 0 Å². The third-order valence-corrected chi connectivity index (χ3v) is 5.87. The summed E-state index contributed by atoms with van der Waals surface area (Å²) >= 11 is 0. The average Bonchev–Trinajstić information content (AvgIpc) is 2.71. The predicted octanol–water partition coefficient (Wildman–Crippen LogP) is 1.50. The van der Waals surface area contributed by atoms with Crippen molar-refractivity contribution in [3.8, 4) is 0 Å². The van der Waals surface area contributed by atoms with Gasteiger partial charge in [0.05, 0.1) is 31.3 Å². The molecule has 2 N–H and O–H groups in total. The first-order valence-corrected chi connectivity index (χ1v) is 10.0. The molecular weight excluding hydrogens is 342 g/mol. The van der Waals surface area contributed by atoms with Gasteiger partial charge in [-0.25, -0.2) is 0 Å². The van der Waals surface area contributed by atoms with Crippen LogP contribution >= 0.6 is 0 Å². The average molecular weight is 376 g/mol. The smallest absolute Gasteiger partial charge is 0.228 e. The van der Waals surface area contributed by atoms with Crippen molar-refractivity contribution in [2.45, 2.75) is 25.8 Å². The number of morpholine rings is 1. The summed E-state index contributed by atoms with van der Waals surface area (Å²) in [5.41, 5.74) is 2.08. The van der Waals surface area contributed by atoms with Crippen LogP contribution < -0.4 is 10.6 Å². The number of hydrogen-bond donors (Lipinski definition) is 2. The summed E-state index contributed by atoms with van der Waals surface area (Å²) in [6, 6.07) is 8.81. The van der Waals surface area contributed by atoms with E-state index in [0.717, 1.165) is 52.2 Å². The molecular formula is C21H33N3O3. The summed E-state index contributed by atoms with van der Waals surface area (Å²) in [5, 5.41) is 6.60. The predicted molar refractivity (Wildman–Crippen MR) is 106 cm³/mol. The number of carbonyl (C=O) groups excluding carboxylic acids is 1. The molecule has 27 heavy (non-hydrogen) atoms. The van der Waals surface area contributed by atoms with Gasteiger partial charge in [-0.1, -0.05) is 29.8 Å². The van der Waals surface area contributed by atoms with E-state index in [1.807, 2.05) is 0 Å². The van der Waals surface area contributed by atoms with Crippen LogP contribution in [-0.4, -0.2) is 70.5 Å². The van der Waals surface area contributed by atoms with E-state index in [4.69, 9.17) is 9.47 Å². The van der Waals surface area contributed by atoms with Gasteiger partial charge in [0.25, 0.3) is 0 Å². The lowest BCUT2D eigenvalue weighted by atomic mass is 9.78. The number of methoxy groups -OCH3 is 1. The minimum atomic E-state index is -0.414. The fourth-order valence-corrected chi connectivity index (χ4v) is 4.13. The topological polar surface area (TPSA) is 62.8 Å². The van der Waals surface area contributed by atoms with Gasteiger partial charge >= 0.3 is 0 Å². The second-order valence-electron chi connectivity index (χ2n) is 7.75. The number of rotatable bonds is 7. The van der Waals surface area contributed by atoms with Crippen molar-refractivity contribution < 1.29 is 14.3 Å². The molecule has 2 aliphatic heterocycles. The number of piperidine rings is 1. The zero-order valence-electron chi connectivity index (χ0n) is 16.6. The fraction of sp³-hybridized carbons (Fsp3) is 0.667. The maximum Gasteiger partial charge on any atom is 0.228 e. The highest BCUT2D eigenvalue weighted by molar-refractivity contribution is 5.83. The van der Waals surface area contributed by atoms with Crippen molar-refractivity contribution in [3.63, 3.8) is 0 Å². The van der Waals surface area contributed by atoms with Crippen LogP contribution in [0, 0.1) is 12.3 Å². The molecule has 3 rings (SSSR count). The molecule has 0 bridgehead atoms. The molecule has 6 heteroatoms. The number of ether oxygens (including phenoxy) is 2. The van der Waals surface area contributed by atoms with Gasteiger partial charge in [-0.15, -0.1) is 0 Å². The lowest BCUT2D eigenvalue weighted by Crippen LogP contribution is -2.52. The Balaban J connectivity index is 1.71. The Labute approximate surface area is 162 Å². The maximum atomic E-state index is 13.1. The molecule has 1 aromatic rings. The Hall–Kier alpha value is -1.47. The highest BCUT2D eigenvalue weighted by Crippen LogP contribution is 2.30. The molecule has 0 spiro atoms. The standard InChI is InChI=1S/C21H33N3O3/c1-17-3-5-18(6-4-17)19(24-11-13-27-14-12-24)15-23-20(25)21(16-26-2)7-9-22-10-8-21/h3-6,19,22H,7-16H2,1-2H3,(H,23,25). The van der Waals surface area contributed by atoms with Crippen LogP contribution in [0.5, 0.6) is 0 Å². The van der Waals surface area contributed by atoms with Gasteiger partial charge in [0.1, 0.15) is 0 Å². The van der Waals surface area contributed by atoms with E-state index in [9.17, 15) is 4.79 Å². The number of hydrogen-bond acceptors (Lipinski definition) is 5. The van der Waals surface area contributed by atoms with Crippen molar-refractivity contribution in [1.82, 2.24) is 15.5 Å². The quantitative estimate of drug-likeness (QED) is 0.756. The third kappa shape index (κ3) is 5.08. The zero-order valence-corrected chi connectivity index (χ0v) is 16.6. The number of nitrogens with one attached hydrogen (secondary N) is 2. The summed E-state index contributed by atoms with van der Waals surface area (Å²) < 4.78 is 10.9. The van der Waals surface area contributed by atoms with E-state index >= 15 is 0 Å². The molecule has 1 atom stereocenters. The second kappa shape index (κ2) is 9.64. The van der Waals surface area contributed by atoms with Crippen LogP contribution in [0.15, 0.2) is 24.3 Å². The summed E-state index contributed by atoms with van der Waals surface area (Å²) in [6.07, 6.45) is 1.64. The Kier molecular flexibility index (Phi) is 7.24. The van der Waals surface area contributed by atoms with Gasteiger partial charge < -0.3 is 20.1 Å². The molecule has 0 saturated carbocycles. The van der Waals surface area contributed by atoms with Crippen LogP contribution in [0.3, 0.4) is 0 Å². The maximum absolute atomic E-state index is 13.1. The normalized spacial score (nSPS) is 21.6. The molecule has 0 aliphatic carbocycles. The molecule has 0 aromatic heterocycles. The van der Waals surface area contributed by atoms with E-state index in [0.29, 0.717) is 13.2 Å². The molecule has 2 aliphatic rings. The number of aryl methyl sites for hydroxylation is 1. The van der Waals surface area contributed by atoms with Crippen LogP contribution in [0.25, 0.3) is 0 Å². The van der Waals surface area contributed by atoms with Crippen molar-refractivity contribution in [2.75, 3.05) is 59.7 Å². The molecule has 0 radical (unpaired) electrons. The third-order valence-electron chi connectivity index (χ3n) is 5.87. The number of carbonyl (C=O) groups is 1. The molecule has 1 unspecified atom stereocenters. The zero-order chi connectivity index (χ0) is 19.1. The second-order valence-corrected chi connectivity index (χ2v) is 7.75. The van der Waals surface area contributed by atoms with Gasteiger partial charge in [0.15, 0.2) is 0 Å².